The van der Waals surface area contributed by atoms with Gasteiger partial charge < -0.3 is 10.7 Å². The number of nitrogen functional groups attached to an aromatic ring is 1. The number of nitrogens with two attached hydrogens (primary N) is 1. The molecule has 0 amide bonds. The van der Waals surface area contributed by atoms with E-state index in [-0.39, 0.29) is 0 Å². The topological polar surface area (TPSA) is 67.6 Å². The molecule has 0 unspecified atom stereocenters. The largest absolute Gasteiger partial charge is 0.384 e. The van der Waals surface area contributed by atoms with Crippen molar-refractivity contribution < 1.29 is 0 Å². The van der Waals surface area contributed by atoms with Crippen molar-refractivity contribution in [1.82, 2.24) is 15.0 Å². The van der Waals surface area contributed by atoms with Crippen LogP contribution in [0.2, 0.25) is 5.02 Å². The van der Waals surface area contributed by atoms with E-state index in [9.17, 15) is 0 Å². The number of anilines is 1. The Kier molecular flexibility index (Phi) is 3.24. The van der Waals surface area contributed by atoms with Crippen LogP contribution in [0.3, 0.4) is 0 Å². The fourth-order valence-corrected chi connectivity index (χ4v) is 2.81. The zero-order valence-electron chi connectivity index (χ0n) is 12.1. The number of fused-ring (bicyclic) bond motifs is 1. The average molecular weight is 321 g/mol. The molecule has 0 saturated carbocycles. The van der Waals surface area contributed by atoms with Gasteiger partial charge in [0.2, 0.25) is 0 Å². The summed E-state index contributed by atoms with van der Waals surface area (Å²) in [5, 5.41) is 0.570. The predicted molar refractivity (Wildman–Crippen MR) is 94.2 cm³/mol. The Morgan fingerprint density at radius 1 is 0.957 bits per heavy atom. The molecule has 4 nitrogen and oxygen atoms in total. The Bertz CT molecular complexity index is 974. The van der Waals surface area contributed by atoms with Crippen molar-refractivity contribution in [2.45, 2.75) is 0 Å². The molecule has 0 saturated heterocycles. The third-order valence-electron chi connectivity index (χ3n) is 3.71. The van der Waals surface area contributed by atoms with Gasteiger partial charge in [0.05, 0.1) is 16.1 Å². The maximum atomic E-state index is 6.25. The summed E-state index contributed by atoms with van der Waals surface area (Å²) in [6, 6.07) is 17.8. The second kappa shape index (κ2) is 5.41. The maximum Gasteiger partial charge on any atom is 0.138 e. The van der Waals surface area contributed by atoms with Crippen LogP contribution >= 0.6 is 11.6 Å². The summed E-state index contributed by atoms with van der Waals surface area (Å²) in [5.74, 6) is 1.27. The van der Waals surface area contributed by atoms with Crippen LogP contribution in [-0.4, -0.2) is 15.0 Å². The molecule has 4 rings (SSSR count). The number of nitrogens with zero attached hydrogens (tertiary/aromatic N) is 2. The Morgan fingerprint density at radius 3 is 2.65 bits per heavy atom. The first-order valence-electron chi connectivity index (χ1n) is 7.17. The molecule has 0 fully saturated rings. The van der Waals surface area contributed by atoms with Crippen LogP contribution in [-0.2, 0) is 0 Å². The number of hydrogen-bond acceptors (Lipinski definition) is 3. The van der Waals surface area contributed by atoms with E-state index in [1.807, 2.05) is 48.5 Å². The van der Waals surface area contributed by atoms with Gasteiger partial charge in [-0.3, -0.25) is 0 Å². The molecule has 0 aliphatic heterocycles. The van der Waals surface area contributed by atoms with Gasteiger partial charge >= 0.3 is 0 Å². The summed E-state index contributed by atoms with van der Waals surface area (Å²) in [4.78, 5) is 12.0. The zero-order chi connectivity index (χ0) is 15.8. The molecule has 0 bridgehead atoms. The molecule has 2 aromatic carbocycles. The molecule has 2 aromatic heterocycles. The van der Waals surface area contributed by atoms with Crippen molar-refractivity contribution in [1.29, 1.82) is 0 Å². The van der Waals surface area contributed by atoms with Crippen LogP contribution < -0.4 is 5.73 Å². The van der Waals surface area contributed by atoms with Gasteiger partial charge in [0, 0.05) is 17.3 Å². The number of benzene rings is 2. The molecule has 23 heavy (non-hydrogen) atoms. The lowest BCUT2D eigenvalue weighted by molar-refractivity contribution is 1.33. The van der Waals surface area contributed by atoms with E-state index in [0.717, 1.165) is 33.5 Å². The molecule has 5 heteroatoms. The summed E-state index contributed by atoms with van der Waals surface area (Å²) in [6.45, 7) is 0. The lowest BCUT2D eigenvalue weighted by Gasteiger charge is -2.07. The number of pyridine rings is 1. The lowest BCUT2D eigenvalue weighted by Crippen LogP contribution is -1.91. The number of para-hydroxylation sites is 2. The van der Waals surface area contributed by atoms with Gasteiger partial charge in [-0.05, 0) is 29.8 Å². The normalized spacial score (nSPS) is 11.0. The van der Waals surface area contributed by atoms with Crippen molar-refractivity contribution in [3.05, 3.63) is 65.8 Å². The van der Waals surface area contributed by atoms with E-state index in [0.29, 0.717) is 10.8 Å². The summed E-state index contributed by atoms with van der Waals surface area (Å²) >= 11 is 6.25. The van der Waals surface area contributed by atoms with Crippen LogP contribution in [0.5, 0.6) is 0 Å². The van der Waals surface area contributed by atoms with Gasteiger partial charge in [-0.15, -0.1) is 0 Å². The lowest BCUT2D eigenvalue weighted by atomic mass is 10.0. The summed E-state index contributed by atoms with van der Waals surface area (Å²) in [6.07, 6.45) is 1.57. The first kappa shape index (κ1) is 13.8. The molecule has 0 spiro atoms. The third kappa shape index (κ3) is 2.53. The average Bonchev–Trinajstić information content (AvgIpc) is 3.01. The minimum absolute atomic E-state index is 0.443. The van der Waals surface area contributed by atoms with Crippen molar-refractivity contribution >= 4 is 28.5 Å². The zero-order valence-corrected chi connectivity index (χ0v) is 12.9. The number of nitrogens with one attached hydrogen (secondary N) is 1. The number of aromatic nitrogens is 3. The number of hydrogen-bond donors (Lipinski definition) is 2. The number of imidazole rings is 1. The molecule has 112 valence electrons. The molecule has 0 aliphatic rings. The number of aromatic amines is 1. The van der Waals surface area contributed by atoms with Crippen LogP contribution in [0.1, 0.15) is 0 Å². The van der Waals surface area contributed by atoms with Gasteiger partial charge in [-0.1, -0.05) is 41.9 Å². The maximum absolute atomic E-state index is 6.25. The van der Waals surface area contributed by atoms with Gasteiger partial charge in [0.1, 0.15) is 11.6 Å². The van der Waals surface area contributed by atoms with E-state index >= 15 is 0 Å². The standard InChI is InChI=1S/C18H13ClN4/c19-14-10-21-17(20)9-13(14)11-4-3-5-12(8-11)18-22-15-6-1-2-7-16(15)23-18/h1-10H,(H2,20,21)(H,22,23). The molecule has 4 aromatic rings. The molecule has 0 atom stereocenters. The third-order valence-corrected chi connectivity index (χ3v) is 4.01. The highest BCUT2D eigenvalue weighted by atomic mass is 35.5. The number of rotatable bonds is 2. The smallest absolute Gasteiger partial charge is 0.138 e. The number of halogens is 1. The molecule has 3 N–H and O–H groups in total. The summed E-state index contributed by atoms with van der Waals surface area (Å²) < 4.78 is 0. The number of H-pyrrole nitrogens is 1. The second-order valence-electron chi connectivity index (χ2n) is 5.27. The minimum atomic E-state index is 0.443. The SMILES string of the molecule is Nc1cc(-c2cccc(-c3nc4ccccc4[nH]3)c2)c(Cl)cn1. The molecule has 2 heterocycles. The fraction of sp³-hybridized carbons (Fsp3) is 0. The highest BCUT2D eigenvalue weighted by molar-refractivity contribution is 6.33. The van der Waals surface area contributed by atoms with Crippen LogP contribution in [0.4, 0.5) is 5.82 Å². The first-order chi connectivity index (χ1) is 11.2. The van der Waals surface area contributed by atoms with E-state index in [4.69, 9.17) is 17.3 Å². The predicted octanol–water partition coefficient (Wildman–Crippen LogP) is 4.53. The first-order valence-corrected chi connectivity index (χ1v) is 7.55. The van der Waals surface area contributed by atoms with Crippen molar-refractivity contribution in [3.8, 4) is 22.5 Å². The van der Waals surface area contributed by atoms with Crippen LogP contribution in [0.25, 0.3) is 33.5 Å². The highest BCUT2D eigenvalue weighted by Gasteiger charge is 2.09. The van der Waals surface area contributed by atoms with Gasteiger partial charge in [0.15, 0.2) is 0 Å². The molecule has 0 radical (unpaired) electrons. The summed E-state index contributed by atoms with van der Waals surface area (Å²) in [5.41, 5.74) is 10.6. The van der Waals surface area contributed by atoms with Gasteiger partial charge in [-0.25, -0.2) is 9.97 Å². The van der Waals surface area contributed by atoms with Gasteiger partial charge in [-0.2, -0.15) is 0 Å². The van der Waals surface area contributed by atoms with Crippen molar-refractivity contribution in [2.75, 3.05) is 5.73 Å². The van der Waals surface area contributed by atoms with Crippen molar-refractivity contribution in [3.63, 3.8) is 0 Å². The molecular weight excluding hydrogens is 308 g/mol. The van der Waals surface area contributed by atoms with Gasteiger partial charge in [0.25, 0.3) is 0 Å². The van der Waals surface area contributed by atoms with Crippen LogP contribution in [0, 0.1) is 0 Å². The van der Waals surface area contributed by atoms with Crippen LogP contribution in [0.15, 0.2) is 60.8 Å². The van der Waals surface area contributed by atoms with E-state index in [2.05, 4.69) is 15.0 Å². The monoisotopic (exact) mass is 320 g/mol. The molecule has 0 aliphatic carbocycles. The second-order valence-corrected chi connectivity index (χ2v) is 5.68. The Hall–Kier alpha value is -2.85. The fourth-order valence-electron chi connectivity index (χ4n) is 2.60. The molecular formula is C18H13ClN4. The van der Waals surface area contributed by atoms with E-state index in [1.165, 1.54) is 0 Å². The highest BCUT2D eigenvalue weighted by Crippen LogP contribution is 2.31. The van der Waals surface area contributed by atoms with Crippen molar-refractivity contribution in [2.24, 2.45) is 0 Å². The minimum Gasteiger partial charge on any atom is -0.384 e. The Labute approximate surface area is 138 Å². The quantitative estimate of drug-likeness (QED) is 0.570. The summed E-state index contributed by atoms with van der Waals surface area (Å²) in [7, 11) is 0. The van der Waals surface area contributed by atoms with E-state index < -0.39 is 0 Å². The Balaban J connectivity index is 1.83. The Morgan fingerprint density at radius 2 is 1.78 bits per heavy atom. The van der Waals surface area contributed by atoms with E-state index in [1.54, 1.807) is 12.3 Å².